The number of carbonyl (C=O) groups is 1. The summed E-state index contributed by atoms with van der Waals surface area (Å²) >= 11 is 1.32. The molecule has 78 valence electrons. The average Bonchev–Trinajstić information content (AvgIpc) is 2.66. The van der Waals surface area contributed by atoms with E-state index in [9.17, 15) is 4.79 Å². The molecule has 0 spiro atoms. The quantitative estimate of drug-likeness (QED) is 0.721. The largest absolute Gasteiger partial charge is 0.461 e. The fourth-order valence-electron chi connectivity index (χ4n) is 0.884. The lowest BCUT2D eigenvalue weighted by atomic mass is 10.1. The van der Waals surface area contributed by atoms with Crippen molar-refractivity contribution in [2.24, 2.45) is 0 Å². The van der Waals surface area contributed by atoms with Gasteiger partial charge in [-0.3, -0.25) is 0 Å². The molecule has 0 aliphatic carbocycles. The first kappa shape index (κ1) is 11.1. The van der Waals surface area contributed by atoms with Gasteiger partial charge in [0.1, 0.15) is 5.01 Å². The van der Waals surface area contributed by atoms with E-state index in [1.807, 2.05) is 0 Å². The lowest BCUT2D eigenvalue weighted by molar-refractivity contribution is 0.0525. The molecular formula is C9H14N2O2S. The summed E-state index contributed by atoms with van der Waals surface area (Å²) in [5.74, 6) is -0.0183. The molecule has 5 heteroatoms. The van der Waals surface area contributed by atoms with Gasteiger partial charge in [-0.15, -0.1) is 10.2 Å². The molecule has 0 fully saturated rings. The van der Waals surface area contributed by atoms with Crippen LogP contribution in [0.3, 0.4) is 0 Å². The number of hydrogen-bond donors (Lipinski definition) is 0. The van der Waals surface area contributed by atoms with Crippen molar-refractivity contribution in [1.29, 1.82) is 0 Å². The summed E-state index contributed by atoms with van der Waals surface area (Å²) in [6.07, 6.45) is 0.997. The van der Waals surface area contributed by atoms with Crippen molar-refractivity contribution in [2.75, 3.05) is 6.61 Å². The van der Waals surface area contributed by atoms with Gasteiger partial charge in [-0.1, -0.05) is 25.2 Å². The highest BCUT2D eigenvalue weighted by atomic mass is 32.1. The second-order valence-corrected chi connectivity index (χ2v) is 3.98. The predicted molar refractivity (Wildman–Crippen MR) is 54.6 cm³/mol. The Balaban J connectivity index is 2.72. The molecule has 0 bridgehead atoms. The third-order valence-corrected chi connectivity index (χ3v) is 3.06. The van der Waals surface area contributed by atoms with Gasteiger partial charge >= 0.3 is 5.97 Å². The molecule has 14 heavy (non-hydrogen) atoms. The van der Waals surface area contributed by atoms with Crippen LogP contribution in [0.15, 0.2) is 0 Å². The Labute approximate surface area is 87.3 Å². The van der Waals surface area contributed by atoms with Crippen molar-refractivity contribution < 1.29 is 9.53 Å². The molecule has 0 saturated heterocycles. The number of ether oxygens (including phenoxy) is 1. The van der Waals surface area contributed by atoms with Crippen molar-refractivity contribution in [3.63, 3.8) is 0 Å². The Morgan fingerprint density at radius 2 is 2.21 bits per heavy atom. The van der Waals surface area contributed by atoms with Crippen LogP contribution in [0.1, 0.15) is 47.9 Å². The highest BCUT2D eigenvalue weighted by Crippen LogP contribution is 2.22. The van der Waals surface area contributed by atoms with E-state index in [2.05, 4.69) is 24.0 Å². The third kappa shape index (κ3) is 2.51. The summed E-state index contributed by atoms with van der Waals surface area (Å²) in [6, 6.07) is 0. The zero-order valence-electron chi connectivity index (χ0n) is 8.61. The fraction of sp³-hybridized carbons (Fsp3) is 0.667. The second kappa shape index (κ2) is 5.05. The van der Waals surface area contributed by atoms with Crippen LogP contribution < -0.4 is 0 Å². The average molecular weight is 214 g/mol. The summed E-state index contributed by atoms with van der Waals surface area (Å²) in [5.41, 5.74) is 0. The van der Waals surface area contributed by atoms with Gasteiger partial charge in [-0.25, -0.2) is 4.79 Å². The van der Waals surface area contributed by atoms with E-state index in [-0.39, 0.29) is 5.97 Å². The van der Waals surface area contributed by atoms with Crippen LogP contribution in [-0.2, 0) is 4.74 Å². The smallest absolute Gasteiger partial charge is 0.369 e. The zero-order chi connectivity index (χ0) is 10.6. The number of aromatic nitrogens is 2. The van der Waals surface area contributed by atoms with E-state index in [0.29, 0.717) is 17.5 Å². The van der Waals surface area contributed by atoms with Crippen molar-refractivity contribution in [1.82, 2.24) is 10.2 Å². The van der Waals surface area contributed by atoms with Crippen LogP contribution >= 0.6 is 11.3 Å². The maximum absolute atomic E-state index is 11.3. The first-order valence-electron chi connectivity index (χ1n) is 4.69. The second-order valence-electron chi connectivity index (χ2n) is 2.98. The van der Waals surface area contributed by atoms with Crippen LogP contribution in [0.2, 0.25) is 0 Å². The summed E-state index contributed by atoms with van der Waals surface area (Å²) in [7, 11) is 0. The third-order valence-electron chi connectivity index (χ3n) is 1.92. The Morgan fingerprint density at radius 1 is 1.50 bits per heavy atom. The molecule has 0 aromatic carbocycles. The fourth-order valence-corrected chi connectivity index (χ4v) is 1.76. The molecule has 0 radical (unpaired) electrons. The predicted octanol–water partition coefficient (Wildman–Crippen LogP) is 2.23. The molecule has 1 unspecified atom stereocenters. The van der Waals surface area contributed by atoms with Gasteiger partial charge in [-0.05, 0) is 13.3 Å². The minimum Gasteiger partial charge on any atom is -0.461 e. The molecule has 0 saturated carbocycles. The Hall–Kier alpha value is -0.970. The number of hydrogen-bond acceptors (Lipinski definition) is 5. The van der Waals surface area contributed by atoms with Crippen LogP contribution in [-0.4, -0.2) is 22.8 Å². The number of carbonyl (C=O) groups excluding carboxylic acids is 1. The molecule has 4 nitrogen and oxygen atoms in total. The van der Waals surface area contributed by atoms with E-state index in [1.165, 1.54) is 11.3 Å². The summed E-state index contributed by atoms with van der Waals surface area (Å²) in [5, 5.41) is 9.00. The number of rotatable bonds is 4. The zero-order valence-corrected chi connectivity index (χ0v) is 9.43. The van der Waals surface area contributed by atoms with Gasteiger partial charge in [0.05, 0.1) is 6.61 Å². The SMILES string of the molecule is CCOC(=O)c1nnc(C(C)CC)s1. The minimum absolute atomic E-state index is 0.349. The van der Waals surface area contributed by atoms with Crippen LogP contribution in [0.5, 0.6) is 0 Å². The van der Waals surface area contributed by atoms with Gasteiger partial charge < -0.3 is 4.74 Å². The molecule has 1 rings (SSSR count). The van der Waals surface area contributed by atoms with Crippen molar-refractivity contribution >= 4 is 17.3 Å². The molecule has 1 aromatic heterocycles. The lowest BCUT2D eigenvalue weighted by Gasteiger charge is -2.00. The van der Waals surface area contributed by atoms with Gasteiger partial charge in [0.2, 0.25) is 5.01 Å². The van der Waals surface area contributed by atoms with E-state index in [1.54, 1.807) is 6.92 Å². The monoisotopic (exact) mass is 214 g/mol. The van der Waals surface area contributed by atoms with Gasteiger partial charge in [0.15, 0.2) is 0 Å². The molecule has 0 amide bonds. The summed E-state index contributed by atoms with van der Waals surface area (Å²) < 4.78 is 4.82. The van der Waals surface area contributed by atoms with Gasteiger partial charge in [-0.2, -0.15) is 0 Å². The van der Waals surface area contributed by atoms with Crippen molar-refractivity contribution in [3.05, 3.63) is 10.0 Å². The summed E-state index contributed by atoms with van der Waals surface area (Å²) in [4.78, 5) is 11.3. The molecule has 1 aromatic rings. The van der Waals surface area contributed by atoms with Crippen LogP contribution in [0, 0.1) is 0 Å². The van der Waals surface area contributed by atoms with E-state index in [0.717, 1.165) is 11.4 Å². The molecule has 0 aliphatic rings. The lowest BCUT2D eigenvalue weighted by Crippen LogP contribution is -2.03. The van der Waals surface area contributed by atoms with Gasteiger partial charge in [0.25, 0.3) is 0 Å². The number of nitrogens with zero attached hydrogens (tertiary/aromatic N) is 2. The highest BCUT2D eigenvalue weighted by Gasteiger charge is 2.16. The summed E-state index contributed by atoms with van der Waals surface area (Å²) in [6.45, 7) is 6.29. The maximum Gasteiger partial charge on any atom is 0.369 e. The Morgan fingerprint density at radius 3 is 2.79 bits per heavy atom. The van der Waals surface area contributed by atoms with Crippen molar-refractivity contribution in [2.45, 2.75) is 33.1 Å². The maximum atomic E-state index is 11.3. The first-order chi connectivity index (χ1) is 6.69. The Bertz CT molecular complexity index is 312. The van der Waals surface area contributed by atoms with Crippen molar-refractivity contribution in [3.8, 4) is 0 Å². The van der Waals surface area contributed by atoms with Gasteiger partial charge in [0, 0.05) is 5.92 Å². The van der Waals surface area contributed by atoms with Crippen LogP contribution in [0.4, 0.5) is 0 Å². The highest BCUT2D eigenvalue weighted by molar-refractivity contribution is 7.13. The standard InChI is InChI=1S/C9H14N2O2S/c1-4-6(3)7-10-11-8(14-7)9(12)13-5-2/h6H,4-5H2,1-3H3. The molecule has 1 heterocycles. The van der Waals surface area contributed by atoms with E-state index < -0.39 is 0 Å². The minimum atomic E-state index is -0.375. The molecule has 0 aliphatic heterocycles. The molecule has 0 N–H and O–H groups in total. The normalized spacial score (nSPS) is 12.5. The van der Waals surface area contributed by atoms with E-state index >= 15 is 0 Å². The van der Waals surface area contributed by atoms with Crippen LogP contribution in [0.25, 0.3) is 0 Å². The Kier molecular flexibility index (Phi) is 4.00. The number of esters is 1. The first-order valence-corrected chi connectivity index (χ1v) is 5.51. The topological polar surface area (TPSA) is 52.1 Å². The molecule has 1 atom stereocenters. The van der Waals surface area contributed by atoms with E-state index in [4.69, 9.17) is 4.74 Å². The molecular weight excluding hydrogens is 200 g/mol.